The van der Waals surface area contributed by atoms with Gasteiger partial charge in [-0.2, -0.15) is 0 Å². The molecule has 0 saturated heterocycles. The van der Waals surface area contributed by atoms with Gasteiger partial charge in [0.05, 0.1) is 16.9 Å². The number of para-hydroxylation sites is 1. The fraction of sp³-hybridized carbons (Fsp3) is 0.0690. The summed E-state index contributed by atoms with van der Waals surface area (Å²) in [6, 6.07) is 30.9. The van der Waals surface area contributed by atoms with E-state index in [1.807, 2.05) is 0 Å². The van der Waals surface area contributed by atoms with E-state index in [1.54, 1.807) is 0 Å². The van der Waals surface area contributed by atoms with Crippen molar-refractivity contribution in [3.05, 3.63) is 107 Å². The van der Waals surface area contributed by atoms with Crippen LogP contribution in [-0.2, 0) is 12.8 Å². The second-order valence-corrected chi connectivity index (χ2v) is 8.77. The number of nitrogens with zero attached hydrogens (tertiary/aromatic N) is 2. The molecule has 0 spiro atoms. The summed E-state index contributed by atoms with van der Waals surface area (Å²) >= 11 is 0. The van der Waals surface area contributed by atoms with E-state index in [4.69, 9.17) is 4.98 Å². The van der Waals surface area contributed by atoms with E-state index in [-0.39, 0.29) is 0 Å². The highest BCUT2D eigenvalue weighted by molar-refractivity contribution is 6.12. The predicted molar refractivity (Wildman–Crippen MR) is 127 cm³/mol. The first-order valence-electron chi connectivity index (χ1n) is 10.9. The molecule has 0 radical (unpaired) electrons. The molecular weight excluding hydrogens is 376 g/mol. The molecule has 0 fully saturated rings. The van der Waals surface area contributed by atoms with E-state index in [1.165, 1.54) is 66.4 Å². The first-order valence-corrected chi connectivity index (χ1v) is 10.9. The quantitative estimate of drug-likeness (QED) is 0.259. The molecule has 0 atom stereocenters. The van der Waals surface area contributed by atoms with Crippen molar-refractivity contribution in [3.8, 4) is 22.4 Å². The van der Waals surface area contributed by atoms with Crippen LogP contribution in [0.5, 0.6) is 0 Å². The summed E-state index contributed by atoms with van der Waals surface area (Å²) in [5.41, 5.74) is 13.3. The van der Waals surface area contributed by atoms with Gasteiger partial charge in [0.25, 0.3) is 0 Å². The fourth-order valence-electron chi connectivity index (χ4n) is 5.95. The Morgan fingerprint density at radius 2 is 1.39 bits per heavy atom. The average Bonchev–Trinajstić information content (AvgIpc) is 3.48. The Balaban J connectivity index is 1.52. The topological polar surface area (TPSA) is 17.3 Å². The van der Waals surface area contributed by atoms with E-state index in [9.17, 15) is 0 Å². The lowest BCUT2D eigenvalue weighted by Crippen LogP contribution is -1.96. The van der Waals surface area contributed by atoms with E-state index >= 15 is 0 Å². The largest absolute Gasteiger partial charge is 0.295 e. The monoisotopic (exact) mass is 394 g/mol. The fourth-order valence-corrected chi connectivity index (χ4v) is 5.95. The van der Waals surface area contributed by atoms with Crippen LogP contribution in [0.25, 0.3) is 49.7 Å². The number of pyridine rings is 1. The van der Waals surface area contributed by atoms with Crippen molar-refractivity contribution in [2.75, 3.05) is 0 Å². The van der Waals surface area contributed by atoms with Gasteiger partial charge in [0.1, 0.15) is 5.65 Å². The van der Waals surface area contributed by atoms with Gasteiger partial charge >= 0.3 is 0 Å². The highest BCUT2D eigenvalue weighted by Gasteiger charge is 2.32. The van der Waals surface area contributed by atoms with Crippen LogP contribution in [0.3, 0.4) is 0 Å². The molecule has 0 amide bonds. The second kappa shape index (κ2) is 5.41. The van der Waals surface area contributed by atoms with Crippen LogP contribution in [0.15, 0.2) is 84.9 Å². The van der Waals surface area contributed by atoms with Crippen LogP contribution in [0.1, 0.15) is 22.4 Å². The first-order chi connectivity index (χ1) is 15.4. The molecule has 0 bridgehead atoms. The van der Waals surface area contributed by atoms with Gasteiger partial charge in [0.2, 0.25) is 0 Å². The second-order valence-electron chi connectivity index (χ2n) is 8.77. The molecule has 0 unspecified atom stereocenters. The van der Waals surface area contributed by atoms with Gasteiger partial charge in [-0.05, 0) is 45.7 Å². The summed E-state index contributed by atoms with van der Waals surface area (Å²) < 4.78 is 2.42. The Morgan fingerprint density at radius 1 is 0.613 bits per heavy atom. The van der Waals surface area contributed by atoms with Gasteiger partial charge in [0.15, 0.2) is 0 Å². The summed E-state index contributed by atoms with van der Waals surface area (Å²) in [7, 11) is 0. The lowest BCUT2D eigenvalue weighted by Gasteiger charge is -2.10. The normalized spacial score (nSPS) is 13.5. The Morgan fingerprint density at radius 3 is 2.32 bits per heavy atom. The minimum absolute atomic E-state index is 0.942. The molecule has 2 aliphatic carbocycles. The number of imidazole rings is 1. The third-order valence-electron chi connectivity index (χ3n) is 7.24. The third-order valence-corrected chi connectivity index (χ3v) is 7.24. The smallest absolute Gasteiger partial charge is 0.146 e. The van der Waals surface area contributed by atoms with E-state index < -0.39 is 0 Å². The van der Waals surface area contributed by atoms with Gasteiger partial charge in [0, 0.05) is 22.8 Å². The van der Waals surface area contributed by atoms with Crippen molar-refractivity contribution in [2.24, 2.45) is 0 Å². The molecule has 6 aromatic rings. The van der Waals surface area contributed by atoms with Gasteiger partial charge in [-0.1, -0.05) is 78.9 Å². The summed E-state index contributed by atoms with van der Waals surface area (Å²) in [5, 5.41) is 3.80. The molecule has 2 aliphatic rings. The SMILES string of the molecule is c1ccc2c(c1)Cc1c-2ccc2c1-c1nc3c4ccccc4c4ccccc4n3c1C2. The molecule has 4 aromatic carbocycles. The van der Waals surface area contributed by atoms with E-state index in [0.29, 0.717) is 0 Å². The third kappa shape index (κ3) is 1.87. The number of rotatable bonds is 0. The minimum atomic E-state index is 0.942. The molecule has 144 valence electrons. The molecule has 2 aromatic heterocycles. The standard InChI is InChI=1S/C29H18N2/c1-2-8-19-17(7-1)15-24-21(19)14-13-18-16-26-28(27(18)24)30-29-23-11-4-3-9-20(23)22-10-5-6-12-25(22)31(26)29/h1-14H,15-16H2. The zero-order valence-corrected chi connectivity index (χ0v) is 16.9. The van der Waals surface area contributed by atoms with Crippen LogP contribution >= 0.6 is 0 Å². The van der Waals surface area contributed by atoms with Crippen molar-refractivity contribution >= 4 is 27.3 Å². The zero-order chi connectivity index (χ0) is 20.1. The Bertz CT molecular complexity index is 1740. The highest BCUT2D eigenvalue weighted by atomic mass is 15.0. The maximum absolute atomic E-state index is 5.32. The van der Waals surface area contributed by atoms with Gasteiger partial charge < -0.3 is 0 Å². The van der Waals surface area contributed by atoms with Crippen LogP contribution in [-0.4, -0.2) is 9.38 Å². The van der Waals surface area contributed by atoms with Crippen LogP contribution in [0.2, 0.25) is 0 Å². The molecule has 2 heteroatoms. The van der Waals surface area contributed by atoms with Crippen molar-refractivity contribution in [2.45, 2.75) is 12.8 Å². The number of benzene rings is 4. The van der Waals surface area contributed by atoms with E-state index in [0.717, 1.165) is 18.5 Å². The minimum Gasteiger partial charge on any atom is -0.295 e. The molecule has 0 N–H and O–H groups in total. The van der Waals surface area contributed by atoms with E-state index in [2.05, 4.69) is 89.3 Å². The maximum atomic E-state index is 5.32. The Kier molecular flexibility index (Phi) is 2.77. The summed E-state index contributed by atoms with van der Waals surface area (Å²) in [5.74, 6) is 0. The van der Waals surface area contributed by atoms with Crippen molar-refractivity contribution in [1.82, 2.24) is 9.38 Å². The van der Waals surface area contributed by atoms with Crippen molar-refractivity contribution in [1.29, 1.82) is 0 Å². The molecule has 31 heavy (non-hydrogen) atoms. The van der Waals surface area contributed by atoms with Crippen LogP contribution < -0.4 is 0 Å². The summed E-state index contributed by atoms with van der Waals surface area (Å²) in [6.45, 7) is 0. The number of fused-ring (bicyclic) bond motifs is 14. The lowest BCUT2D eigenvalue weighted by atomic mass is 9.97. The Hall–Kier alpha value is -3.91. The van der Waals surface area contributed by atoms with Gasteiger partial charge in [-0.25, -0.2) is 4.98 Å². The maximum Gasteiger partial charge on any atom is 0.146 e. The number of hydrogen-bond donors (Lipinski definition) is 0. The Labute approximate surface area is 179 Å². The first kappa shape index (κ1) is 15.9. The molecule has 2 heterocycles. The average molecular weight is 394 g/mol. The zero-order valence-electron chi connectivity index (χ0n) is 16.9. The molecule has 2 nitrogen and oxygen atoms in total. The molecular formula is C29H18N2. The molecule has 0 saturated carbocycles. The van der Waals surface area contributed by atoms with Crippen molar-refractivity contribution < 1.29 is 0 Å². The molecule has 8 rings (SSSR count). The molecule has 0 aliphatic heterocycles. The summed E-state index contributed by atoms with van der Waals surface area (Å²) in [6.07, 6.45) is 1.95. The summed E-state index contributed by atoms with van der Waals surface area (Å²) in [4.78, 5) is 5.32. The lowest BCUT2D eigenvalue weighted by molar-refractivity contribution is 1.09. The van der Waals surface area contributed by atoms with Gasteiger partial charge in [-0.15, -0.1) is 0 Å². The van der Waals surface area contributed by atoms with Gasteiger partial charge in [-0.3, -0.25) is 4.40 Å². The van der Waals surface area contributed by atoms with Crippen LogP contribution in [0.4, 0.5) is 0 Å². The van der Waals surface area contributed by atoms with Crippen molar-refractivity contribution in [3.63, 3.8) is 0 Å². The highest BCUT2D eigenvalue weighted by Crippen LogP contribution is 2.48. The number of aromatic nitrogens is 2. The van der Waals surface area contributed by atoms with Crippen LogP contribution in [0, 0.1) is 0 Å². The predicted octanol–water partition coefficient (Wildman–Crippen LogP) is 6.78. The number of hydrogen-bond acceptors (Lipinski definition) is 1.